The average molecular weight is 795 g/mol. The van der Waals surface area contributed by atoms with Crippen LogP contribution >= 0.6 is 12.2 Å². The molecule has 0 aliphatic carbocycles. The Kier molecular flexibility index (Phi) is 11.0. The number of benzene rings is 4. The number of ether oxygens (including phenoxy) is 4. The van der Waals surface area contributed by atoms with Crippen LogP contribution in [0.4, 0.5) is 0 Å². The van der Waals surface area contributed by atoms with Crippen LogP contribution < -0.4 is 0 Å². The summed E-state index contributed by atoms with van der Waals surface area (Å²) in [6, 6.07) is 36.3. The minimum absolute atomic E-state index is 0.00348. The van der Waals surface area contributed by atoms with Crippen LogP contribution in [0.5, 0.6) is 0 Å². The molecular formula is C42H34N8O7S. The lowest BCUT2D eigenvalue weighted by Gasteiger charge is -2.24. The van der Waals surface area contributed by atoms with Crippen molar-refractivity contribution in [2.24, 2.45) is 0 Å². The van der Waals surface area contributed by atoms with E-state index in [9.17, 15) is 14.4 Å². The van der Waals surface area contributed by atoms with Gasteiger partial charge >= 0.3 is 17.9 Å². The van der Waals surface area contributed by atoms with Crippen molar-refractivity contribution in [1.29, 1.82) is 0 Å². The van der Waals surface area contributed by atoms with E-state index >= 15 is 0 Å². The number of aromatic nitrogens is 8. The number of esters is 3. The maximum atomic E-state index is 13.8. The van der Waals surface area contributed by atoms with E-state index in [0.717, 1.165) is 5.56 Å². The predicted molar refractivity (Wildman–Crippen MR) is 209 cm³/mol. The van der Waals surface area contributed by atoms with Gasteiger partial charge in [0.25, 0.3) is 0 Å². The number of rotatable bonds is 12. The van der Waals surface area contributed by atoms with Crippen LogP contribution in [0, 0.1) is 11.7 Å². The highest BCUT2D eigenvalue weighted by Gasteiger charge is 2.52. The maximum absolute atomic E-state index is 13.8. The zero-order valence-corrected chi connectivity index (χ0v) is 31.7. The van der Waals surface area contributed by atoms with E-state index in [1.54, 1.807) is 114 Å². The van der Waals surface area contributed by atoms with Crippen molar-refractivity contribution in [2.75, 3.05) is 6.61 Å². The summed E-state index contributed by atoms with van der Waals surface area (Å²) in [4.78, 5) is 46.2. The highest BCUT2D eigenvalue weighted by atomic mass is 32.1. The first-order valence-corrected chi connectivity index (χ1v) is 18.6. The Morgan fingerprint density at radius 2 is 1.33 bits per heavy atom. The molecule has 4 heterocycles. The third-order valence-electron chi connectivity index (χ3n) is 9.24. The van der Waals surface area contributed by atoms with Crippen LogP contribution in [0.15, 0.2) is 140 Å². The molecule has 15 nitrogen and oxygen atoms in total. The molecule has 4 aromatic carbocycles. The minimum Gasteiger partial charge on any atom is -0.459 e. The number of tetrazole rings is 1. The number of nitrogens with zero attached hydrogens (tertiary/aromatic N) is 8. The standard InChI is InChI=1S/C42H34N8O7S/c1-27-19-21-32(22-20-27)49-34(25-48-46-37(44-47-48)31-18-11-23-43-24-31)45-50(42(49)58)38-36(57-41(53)30-16-9-4-10-17-30)35(56-40(52)29-14-7-3-8-15-29)33(55-38)26-54-39(51)28-12-5-2-6-13-28/h2-24,33,35-36,38H,25-26H2,1H3. The van der Waals surface area contributed by atoms with Gasteiger partial charge in [-0.3, -0.25) is 9.55 Å². The Morgan fingerprint density at radius 3 is 1.93 bits per heavy atom. The molecule has 1 fully saturated rings. The largest absolute Gasteiger partial charge is 0.459 e. The number of hydrogen-bond donors (Lipinski definition) is 0. The third-order valence-corrected chi connectivity index (χ3v) is 9.61. The molecule has 1 saturated heterocycles. The van der Waals surface area contributed by atoms with E-state index in [2.05, 4.69) is 20.4 Å². The van der Waals surface area contributed by atoms with Crippen LogP contribution in [0.1, 0.15) is 48.7 Å². The lowest BCUT2D eigenvalue weighted by atomic mass is 10.1. The molecule has 0 bridgehead atoms. The summed E-state index contributed by atoms with van der Waals surface area (Å²) >= 11 is 6.11. The minimum atomic E-state index is -1.34. The van der Waals surface area contributed by atoms with Crippen molar-refractivity contribution in [3.63, 3.8) is 0 Å². The predicted octanol–water partition coefficient (Wildman–Crippen LogP) is 6.01. The molecule has 3 aromatic heterocycles. The highest BCUT2D eigenvalue weighted by molar-refractivity contribution is 7.71. The first kappa shape index (κ1) is 37.7. The third kappa shape index (κ3) is 8.18. The number of aryl methyl sites for hydroxylation is 1. The van der Waals surface area contributed by atoms with Gasteiger partial charge in [0, 0.05) is 23.6 Å². The van der Waals surface area contributed by atoms with Gasteiger partial charge in [0.15, 0.2) is 24.3 Å². The molecule has 4 unspecified atom stereocenters. The van der Waals surface area contributed by atoms with Crippen LogP contribution in [0.2, 0.25) is 0 Å². The Morgan fingerprint density at radius 1 is 0.724 bits per heavy atom. The topological polar surface area (TPSA) is 167 Å². The summed E-state index contributed by atoms with van der Waals surface area (Å²) in [7, 11) is 0. The fourth-order valence-corrected chi connectivity index (χ4v) is 6.70. The second kappa shape index (κ2) is 16.9. The quantitative estimate of drug-likeness (QED) is 0.0802. The van der Waals surface area contributed by atoms with E-state index in [-0.39, 0.29) is 29.0 Å². The Balaban J connectivity index is 1.21. The summed E-state index contributed by atoms with van der Waals surface area (Å²) in [5.74, 6) is -1.34. The summed E-state index contributed by atoms with van der Waals surface area (Å²) < 4.78 is 27.8. The maximum Gasteiger partial charge on any atom is 0.338 e. The van der Waals surface area contributed by atoms with E-state index < -0.39 is 42.4 Å². The molecule has 4 atom stereocenters. The molecule has 0 amide bonds. The number of hydrogen-bond acceptors (Lipinski definition) is 13. The Bertz CT molecular complexity index is 2590. The van der Waals surface area contributed by atoms with E-state index in [1.807, 2.05) is 37.3 Å². The first-order valence-electron chi connectivity index (χ1n) is 18.2. The van der Waals surface area contributed by atoms with Crippen molar-refractivity contribution in [3.05, 3.63) is 173 Å². The van der Waals surface area contributed by atoms with E-state index in [4.69, 9.17) is 36.3 Å². The zero-order chi connectivity index (χ0) is 40.0. The van der Waals surface area contributed by atoms with Crippen LogP contribution in [-0.2, 0) is 25.5 Å². The van der Waals surface area contributed by atoms with Gasteiger partial charge in [-0.05, 0) is 85.0 Å². The van der Waals surface area contributed by atoms with Gasteiger partial charge in [-0.15, -0.1) is 10.2 Å². The smallest absolute Gasteiger partial charge is 0.338 e. The molecule has 0 N–H and O–H groups in total. The Labute approximate surface area is 336 Å². The summed E-state index contributed by atoms with van der Waals surface area (Å²) in [6.45, 7) is 1.59. The van der Waals surface area contributed by atoms with Crippen molar-refractivity contribution < 1.29 is 33.3 Å². The monoisotopic (exact) mass is 794 g/mol. The second-order valence-corrected chi connectivity index (χ2v) is 13.6. The molecule has 16 heteroatoms. The van der Waals surface area contributed by atoms with Crippen LogP contribution in [-0.4, -0.2) is 82.4 Å². The number of carbonyl (C=O) groups excluding carboxylic acids is 3. The molecule has 8 rings (SSSR count). The molecular weight excluding hydrogens is 761 g/mol. The SMILES string of the molecule is Cc1ccc(-n2c(Cn3nnc(-c4cccnc4)n3)nn(C3OC(COC(=O)c4ccccc4)C(OC(=O)c4ccccc4)C3OC(=O)c3ccccc3)c2=S)cc1. The molecule has 0 saturated carbocycles. The fourth-order valence-electron chi connectivity index (χ4n) is 6.35. The van der Waals surface area contributed by atoms with E-state index in [0.29, 0.717) is 28.5 Å². The van der Waals surface area contributed by atoms with Gasteiger partial charge in [0.05, 0.1) is 16.7 Å². The van der Waals surface area contributed by atoms with Crippen LogP contribution in [0.3, 0.4) is 0 Å². The molecule has 0 radical (unpaired) electrons. The van der Waals surface area contributed by atoms with Crippen molar-refractivity contribution in [1.82, 2.24) is 39.5 Å². The summed E-state index contributed by atoms with van der Waals surface area (Å²) in [5, 5.41) is 17.9. The second-order valence-electron chi connectivity index (χ2n) is 13.2. The summed E-state index contributed by atoms with van der Waals surface area (Å²) in [6.07, 6.45) is -1.79. The lowest BCUT2D eigenvalue weighted by Crippen LogP contribution is -2.41. The van der Waals surface area contributed by atoms with Gasteiger partial charge in [-0.1, -0.05) is 72.3 Å². The van der Waals surface area contributed by atoms with Gasteiger partial charge in [-0.25, -0.2) is 19.1 Å². The molecule has 0 spiro atoms. The fraction of sp³-hybridized carbons (Fsp3) is 0.167. The lowest BCUT2D eigenvalue weighted by molar-refractivity contribution is -0.0680. The molecule has 7 aromatic rings. The number of carbonyl (C=O) groups is 3. The zero-order valence-electron chi connectivity index (χ0n) is 30.8. The number of pyridine rings is 1. The van der Waals surface area contributed by atoms with Gasteiger partial charge in [0.2, 0.25) is 10.6 Å². The van der Waals surface area contributed by atoms with Crippen molar-refractivity contribution in [3.8, 4) is 17.1 Å². The van der Waals surface area contributed by atoms with Crippen LogP contribution in [0.25, 0.3) is 17.1 Å². The first-order chi connectivity index (χ1) is 28.3. The summed E-state index contributed by atoms with van der Waals surface area (Å²) in [5.41, 5.74) is 3.15. The van der Waals surface area contributed by atoms with Gasteiger partial charge in [0.1, 0.15) is 19.3 Å². The van der Waals surface area contributed by atoms with Gasteiger partial charge in [-0.2, -0.15) is 9.90 Å². The van der Waals surface area contributed by atoms with E-state index in [1.165, 1.54) is 9.48 Å². The molecule has 1 aliphatic rings. The van der Waals surface area contributed by atoms with Crippen molar-refractivity contribution in [2.45, 2.75) is 38.0 Å². The molecule has 58 heavy (non-hydrogen) atoms. The highest BCUT2D eigenvalue weighted by Crippen LogP contribution is 2.36. The molecule has 1 aliphatic heterocycles. The Hall–Kier alpha value is -7.17. The normalized spacial score (nSPS) is 17.4. The molecule has 290 valence electrons. The van der Waals surface area contributed by atoms with Crippen molar-refractivity contribution >= 4 is 30.1 Å². The average Bonchev–Trinajstić information content (AvgIpc) is 3.96. The van der Waals surface area contributed by atoms with Gasteiger partial charge < -0.3 is 18.9 Å².